The molecule has 0 spiro atoms. The standard InChI is InChI=1S/C11H18NO3P/c1-3-14-16(13,15-4-2)12-10-11-8-6-5-7-9-11/h5-9H,3-4,10H2,1-2H3,(H,12,13). The highest BCUT2D eigenvalue weighted by Crippen LogP contribution is 2.43. The van der Waals surface area contributed by atoms with Gasteiger partial charge in [-0.25, -0.2) is 9.65 Å². The molecule has 0 radical (unpaired) electrons. The molecule has 16 heavy (non-hydrogen) atoms. The molecule has 0 atom stereocenters. The third kappa shape index (κ3) is 4.45. The molecule has 1 N–H and O–H groups in total. The van der Waals surface area contributed by atoms with E-state index >= 15 is 0 Å². The lowest BCUT2D eigenvalue weighted by atomic mass is 10.2. The van der Waals surface area contributed by atoms with Gasteiger partial charge in [-0.2, -0.15) is 0 Å². The summed E-state index contributed by atoms with van der Waals surface area (Å²) in [7, 11) is -3.13. The third-order valence-corrected chi connectivity index (χ3v) is 3.66. The van der Waals surface area contributed by atoms with E-state index in [0.29, 0.717) is 19.8 Å². The maximum absolute atomic E-state index is 12.0. The van der Waals surface area contributed by atoms with Crippen LogP contribution in [-0.4, -0.2) is 13.2 Å². The van der Waals surface area contributed by atoms with E-state index < -0.39 is 7.75 Å². The molecule has 0 unspecified atom stereocenters. The van der Waals surface area contributed by atoms with Crippen LogP contribution in [0.5, 0.6) is 0 Å². The van der Waals surface area contributed by atoms with Gasteiger partial charge in [-0.3, -0.25) is 9.05 Å². The van der Waals surface area contributed by atoms with Gasteiger partial charge in [0.2, 0.25) is 0 Å². The van der Waals surface area contributed by atoms with Crippen LogP contribution >= 0.6 is 7.75 Å². The molecule has 0 aliphatic carbocycles. The molecule has 0 saturated carbocycles. The Morgan fingerprint density at radius 3 is 2.19 bits per heavy atom. The molecule has 0 amide bonds. The Morgan fingerprint density at radius 1 is 1.12 bits per heavy atom. The first-order chi connectivity index (χ1) is 7.70. The van der Waals surface area contributed by atoms with Crippen LogP contribution in [0.15, 0.2) is 30.3 Å². The lowest BCUT2D eigenvalue weighted by molar-refractivity contribution is 0.210. The minimum atomic E-state index is -3.13. The molecule has 1 aromatic carbocycles. The van der Waals surface area contributed by atoms with Crippen molar-refractivity contribution >= 4 is 7.75 Å². The number of nitrogens with one attached hydrogen (secondary N) is 1. The molecule has 0 heterocycles. The van der Waals surface area contributed by atoms with Crippen LogP contribution in [0, 0.1) is 0 Å². The van der Waals surface area contributed by atoms with E-state index in [1.54, 1.807) is 13.8 Å². The van der Waals surface area contributed by atoms with E-state index in [4.69, 9.17) is 9.05 Å². The summed E-state index contributed by atoms with van der Waals surface area (Å²) in [6.45, 7) is 4.77. The summed E-state index contributed by atoms with van der Waals surface area (Å²) in [6, 6.07) is 9.71. The van der Waals surface area contributed by atoms with Gasteiger partial charge in [-0.05, 0) is 19.4 Å². The number of benzene rings is 1. The molecule has 0 aromatic heterocycles. The fraction of sp³-hybridized carbons (Fsp3) is 0.455. The first-order valence-electron chi connectivity index (χ1n) is 5.38. The molecule has 0 fully saturated rings. The minimum absolute atomic E-state index is 0.360. The van der Waals surface area contributed by atoms with Crippen LogP contribution in [0.4, 0.5) is 0 Å². The average Bonchev–Trinajstić information content (AvgIpc) is 2.29. The summed E-state index contributed by atoms with van der Waals surface area (Å²) >= 11 is 0. The molecule has 0 bridgehead atoms. The van der Waals surface area contributed by atoms with E-state index in [9.17, 15) is 4.57 Å². The van der Waals surface area contributed by atoms with E-state index in [1.165, 1.54) is 0 Å². The van der Waals surface area contributed by atoms with Crippen molar-refractivity contribution in [2.45, 2.75) is 20.4 Å². The third-order valence-electron chi connectivity index (χ3n) is 1.92. The molecule has 4 nitrogen and oxygen atoms in total. The first kappa shape index (κ1) is 13.4. The first-order valence-corrected chi connectivity index (χ1v) is 6.92. The van der Waals surface area contributed by atoms with Crippen molar-refractivity contribution in [3.05, 3.63) is 35.9 Å². The zero-order chi connectivity index (χ0) is 11.9. The summed E-state index contributed by atoms with van der Waals surface area (Å²) in [5.41, 5.74) is 1.04. The minimum Gasteiger partial charge on any atom is -0.297 e. The molecular formula is C11H18NO3P. The van der Waals surface area contributed by atoms with Crippen molar-refractivity contribution in [2.24, 2.45) is 0 Å². The van der Waals surface area contributed by atoms with Crippen molar-refractivity contribution in [3.8, 4) is 0 Å². The van der Waals surface area contributed by atoms with E-state index in [0.717, 1.165) is 5.56 Å². The Hall–Kier alpha value is -0.670. The van der Waals surface area contributed by atoms with Gasteiger partial charge in [-0.15, -0.1) is 0 Å². The molecular weight excluding hydrogens is 225 g/mol. The Morgan fingerprint density at radius 2 is 1.69 bits per heavy atom. The lowest BCUT2D eigenvalue weighted by Crippen LogP contribution is -2.14. The predicted molar refractivity (Wildman–Crippen MR) is 64.1 cm³/mol. The number of hydrogen-bond donors (Lipinski definition) is 1. The summed E-state index contributed by atoms with van der Waals surface area (Å²) in [4.78, 5) is 0. The predicted octanol–water partition coefficient (Wildman–Crippen LogP) is 2.96. The highest BCUT2D eigenvalue weighted by molar-refractivity contribution is 7.51. The second-order valence-corrected chi connectivity index (χ2v) is 4.98. The monoisotopic (exact) mass is 243 g/mol. The molecule has 0 aliphatic rings. The van der Waals surface area contributed by atoms with Gasteiger partial charge in [0, 0.05) is 6.54 Å². The fourth-order valence-electron chi connectivity index (χ4n) is 1.25. The fourth-order valence-corrected chi connectivity index (χ4v) is 2.57. The van der Waals surface area contributed by atoms with E-state index in [1.807, 2.05) is 30.3 Å². The Bertz CT molecular complexity index is 332. The smallest absolute Gasteiger partial charge is 0.297 e. The average molecular weight is 243 g/mol. The van der Waals surface area contributed by atoms with Gasteiger partial charge < -0.3 is 0 Å². The Labute approximate surface area is 96.6 Å². The van der Waals surface area contributed by atoms with Gasteiger partial charge >= 0.3 is 7.75 Å². The van der Waals surface area contributed by atoms with Crippen molar-refractivity contribution in [2.75, 3.05) is 13.2 Å². The molecule has 0 saturated heterocycles. The van der Waals surface area contributed by atoms with Crippen LogP contribution in [0.3, 0.4) is 0 Å². The second kappa shape index (κ2) is 6.81. The van der Waals surface area contributed by atoms with Crippen LogP contribution in [0.1, 0.15) is 19.4 Å². The number of rotatable bonds is 7. The molecule has 0 aliphatic heterocycles. The zero-order valence-corrected chi connectivity index (χ0v) is 10.6. The molecule has 5 heteroatoms. The van der Waals surface area contributed by atoms with Gasteiger partial charge in [0.15, 0.2) is 0 Å². The lowest BCUT2D eigenvalue weighted by Gasteiger charge is -2.17. The maximum atomic E-state index is 12.0. The largest absolute Gasteiger partial charge is 0.405 e. The second-order valence-electron chi connectivity index (χ2n) is 3.15. The van der Waals surface area contributed by atoms with Gasteiger partial charge in [-0.1, -0.05) is 30.3 Å². The SMILES string of the molecule is CCOP(=O)(NCc1ccccc1)OCC. The zero-order valence-electron chi connectivity index (χ0n) is 9.68. The summed E-state index contributed by atoms with van der Waals surface area (Å²) in [5, 5.41) is 2.83. The van der Waals surface area contributed by atoms with Crippen molar-refractivity contribution in [3.63, 3.8) is 0 Å². The van der Waals surface area contributed by atoms with Gasteiger partial charge in [0.1, 0.15) is 0 Å². The van der Waals surface area contributed by atoms with Crippen LogP contribution in [-0.2, 0) is 20.2 Å². The maximum Gasteiger partial charge on any atom is 0.405 e. The Kier molecular flexibility index (Phi) is 5.71. The summed E-state index contributed by atoms with van der Waals surface area (Å²) < 4.78 is 22.3. The molecule has 90 valence electrons. The topological polar surface area (TPSA) is 47.6 Å². The highest BCUT2D eigenvalue weighted by atomic mass is 31.2. The quantitative estimate of drug-likeness (QED) is 0.748. The molecule has 1 rings (SSSR count). The summed E-state index contributed by atoms with van der Waals surface area (Å²) in [6.07, 6.45) is 0. The normalized spacial score (nSPS) is 11.6. The highest BCUT2D eigenvalue weighted by Gasteiger charge is 2.22. The van der Waals surface area contributed by atoms with Gasteiger partial charge in [0.05, 0.1) is 13.2 Å². The van der Waals surface area contributed by atoms with Crippen molar-refractivity contribution in [1.29, 1.82) is 0 Å². The van der Waals surface area contributed by atoms with Crippen LogP contribution in [0.2, 0.25) is 0 Å². The van der Waals surface area contributed by atoms with E-state index in [-0.39, 0.29) is 0 Å². The number of hydrogen-bond acceptors (Lipinski definition) is 3. The van der Waals surface area contributed by atoms with Crippen molar-refractivity contribution in [1.82, 2.24) is 5.09 Å². The van der Waals surface area contributed by atoms with E-state index in [2.05, 4.69) is 5.09 Å². The summed E-state index contributed by atoms with van der Waals surface area (Å²) in [5.74, 6) is 0. The van der Waals surface area contributed by atoms with Gasteiger partial charge in [0.25, 0.3) is 0 Å². The van der Waals surface area contributed by atoms with Crippen LogP contribution < -0.4 is 5.09 Å². The van der Waals surface area contributed by atoms with Crippen molar-refractivity contribution < 1.29 is 13.6 Å². The molecule has 1 aromatic rings. The Balaban J connectivity index is 2.53. The van der Waals surface area contributed by atoms with Crippen LogP contribution in [0.25, 0.3) is 0 Å².